The highest BCUT2D eigenvalue weighted by molar-refractivity contribution is 9.10. The monoisotopic (exact) mass is 487 g/mol. The summed E-state index contributed by atoms with van der Waals surface area (Å²) in [6, 6.07) is 41.6. The Hall–Kier alpha value is -3.62. The summed E-state index contributed by atoms with van der Waals surface area (Å²) in [5, 5.41) is 2.54. The second-order valence-electron chi connectivity index (χ2n) is 8.51. The summed E-state index contributed by atoms with van der Waals surface area (Å²) in [4.78, 5) is 0. The molecule has 0 saturated carbocycles. The molecule has 6 aromatic rings. The van der Waals surface area contributed by atoms with E-state index in [0.29, 0.717) is 0 Å². The van der Waals surface area contributed by atoms with Crippen LogP contribution in [0.1, 0.15) is 5.56 Å². The van der Waals surface area contributed by atoms with Gasteiger partial charge in [-0.15, -0.1) is 0 Å². The lowest BCUT2D eigenvalue weighted by Crippen LogP contribution is -1.93. The van der Waals surface area contributed by atoms with Crippen LogP contribution in [0.25, 0.3) is 49.7 Å². The van der Waals surface area contributed by atoms with Crippen molar-refractivity contribution < 1.29 is 0 Å². The van der Waals surface area contributed by atoms with Gasteiger partial charge in [0.1, 0.15) is 0 Å². The summed E-state index contributed by atoms with van der Waals surface area (Å²) in [5.74, 6) is 0. The SMILES string of the molecule is Cc1ccc(-c2ccc3c(c2)c2cc(-c4ccc(Br)cc4)ccc2n3-c2ccccc2)cc1. The van der Waals surface area contributed by atoms with Crippen LogP contribution in [-0.2, 0) is 0 Å². The Morgan fingerprint density at radius 2 is 1.00 bits per heavy atom. The van der Waals surface area contributed by atoms with E-state index in [0.717, 1.165) is 4.47 Å². The first-order valence-corrected chi connectivity index (χ1v) is 11.9. The zero-order valence-corrected chi connectivity index (χ0v) is 19.9. The number of nitrogens with zero attached hydrogens (tertiary/aromatic N) is 1. The summed E-state index contributed by atoms with van der Waals surface area (Å²) in [7, 11) is 0. The summed E-state index contributed by atoms with van der Waals surface area (Å²) in [6.45, 7) is 2.13. The maximum absolute atomic E-state index is 3.55. The highest BCUT2D eigenvalue weighted by Gasteiger charge is 2.14. The first kappa shape index (κ1) is 20.0. The number of aromatic nitrogens is 1. The molecule has 6 rings (SSSR count). The molecule has 0 radical (unpaired) electrons. The first-order chi connectivity index (χ1) is 16.2. The number of rotatable bonds is 3. The van der Waals surface area contributed by atoms with Gasteiger partial charge in [0, 0.05) is 20.9 Å². The van der Waals surface area contributed by atoms with Crippen molar-refractivity contribution >= 4 is 37.7 Å². The number of hydrogen-bond donors (Lipinski definition) is 0. The smallest absolute Gasteiger partial charge is 0.0541 e. The Bertz CT molecular complexity index is 1490. The molecule has 1 aromatic heterocycles. The second kappa shape index (κ2) is 8.06. The van der Waals surface area contributed by atoms with Crippen molar-refractivity contribution in [3.63, 3.8) is 0 Å². The molecule has 1 nitrogen and oxygen atoms in total. The molecule has 0 aliphatic heterocycles. The number of fused-ring (bicyclic) bond motifs is 3. The maximum Gasteiger partial charge on any atom is 0.0541 e. The summed E-state index contributed by atoms with van der Waals surface area (Å²) in [5.41, 5.74) is 9.82. The zero-order valence-electron chi connectivity index (χ0n) is 18.3. The van der Waals surface area contributed by atoms with Crippen LogP contribution in [0.3, 0.4) is 0 Å². The van der Waals surface area contributed by atoms with Gasteiger partial charge in [-0.25, -0.2) is 0 Å². The lowest BCUT2D eigenvalue weighted by Gasteiger charge is -2.08. The first-order valence-electron chi connectivity index (χ1n) is 11.1. The highest BCUT2D eigenvalue weighted by Crippen LogP contribution is 2.37. The van der Waals surface area contributed by atoms with E-state index < -0.39 is 0 Å². The Morgan fingerprint density at radius 3 is 1.55 bits per heavy atom. The van der Waals surface area contributed by atoms with Crippen LogP contribution in [0.15, 0.2) is 120 Å². The second-order valence-corrected chi connectivity index (χ2v) is 9.42. The standard InChI is InChI=1S/C31H22BrN/c1-21-7-9-22(10-8-21)24-13-17-30-28(19-24)29-20-25(23-11-15-26(32)16-12-23)14-18-31(29)33(30)27-5-3-2-4-6-27/h2-20H,1H3. The summed E-state index contributed by atoms with van der Waals surface area (Å²) in [6.07, 6.45) is 0. The number of aryl methyl sites for hydroxylation is 1. The molecule has 33 heavy (non-hydrogen) atoms. The Balaban J connectivity index is 1.64. The van der Waals surface area contributed by atoms with E-state index in [1.54, 1.807) is 0 Å². The predicted octanol–water partition coefficient (Wildman–Crippen LogP) is 9.19. The highest BCUT2D eigenvalue weighted by atomic mass is 79.9. The molecule has 0 unspecified atom stereocenters. The molecule has 2 heteroatoms. The van der Waals surface area contributed by atoms with E-state index in [9.17, 15) is 0 Å². The molecule has 0 fully saturated rings. The average Bonchev–Trinajstić information content (AvgIpc) is 3.18. The van der Waals surface area contributed by atoms with Gasteiger partial charge in [-0.2, -0.15) is 0 Å². The van der Waals surface area contributed by atoms with Crippen molar-refractivity contribution in [1.82, 2.24) is 4.57 Å². The molecule has 0 bridgehead atoms. The normalized spacial score (nSPS) is 11.3. The fraction of sp³-hybridized carbons (Fsp3) is 0.0323. The quantitative estimate of drug-likeness (QED) is 0.234. The molecule has 5 aromatic carbocycles. The van der Waals surface area contributed by atoms with Gasteiger partial charge in [-0.1, -0.05) is 88.2 Å². The third kappa shape index (κ3) is 3.57. The molecule has 0 amide bonds. The van der Waals surface area contributed by atoms with Crippen molar-refractivity contribution in [3.05, 3.63) is 125 Å². The van der Waals surface area contributed by atoms with E-state index in [-0.39, 0.29) is 0 Å². The molecule has 0 N–H and O–H groups in total. The summed E-state index contributed by atoms with van der Waals surface area (Å²) >= 11 is 3.55. The van der Waals surface area contributed by atoms with Gasteiger partial charge < -0.3 is 4.57 Å². The van der Waals surface area contributed by atoms with E-state index in [2.05, 4.69) is 143 Å². The zero-order chi connectivity index (χ0) is 22.4. The van der Waals surface area contributed by atoms with Crippen molar-refractivity contribution in [2.45, 2.75) is 6.92 Å². The Labute approximate surface area is 202 Å². The molecular weight excluding hydrogens is 466 g/mol. The van der Waals surface area contributed by atoms with Gasteiger partial charge in [0.05, 0.1) is 11.0 Å². The number of halogens is 1. The molecule has 0 aliphatic carbocycles. The van der Waals surface area contributed by atoms with E-state index in [4.69, 9.17) is 0 Å². The van der Waals surface area contributed by atoms with E-state index in [1.165, 1.54) is 55.3 Å². The third-order valence-corrected chi connectivity index (χ3v) is 6.87. The van der Waals surface area contributed by atoms with Crippen molar-refractivity contribution in [2.75, 3.05) is 0 Å². The van der Waals surface area contributed by atoms with Crippen molar-refractivity contribution in [2.24, 2.45) is 0 Å². The molecule has 1 heterocycles. The largest absolute Gasteiger partial charge is 0.309 e. The molecule has 158 valence electrons. The van der Waals surface area contributed by atoms with Gasteiger partial charge in [0.2, 0.25) is 0 Å². The van der Waals surface area contributed by atoms with Gasteiger partial charge in [0.15, 0.2) is 0 Å². The van der Waals surface area contributed by atoms with Gasteiger partial charge >= 0.3 is 0 Å². The van der Waals surface area contributed by atoms with Crippen LogP contribution in [0.5, 0.6) is 0 Å². The van der Waals surface area contributed by atoms with E-state index >= 15 is 0 Å². The lowest BCUT2D eigenvalue weighted by molar-refractivity contribution is 1.18. The van der Waals surface area contributed by atoms with Gasteiger partial charge in [-0.05, 0) is 77.7 Å². The van der Waals surface area contributed by atoms with Crippen LogP contribution in [-0.4, -0.2) is 4.57 Å². The number of hydrogen-bond acceptors (Lipinski definition) is 0. The molecule has 0 saturated heterocycles. The van der Waals surface area contributed by atoms with Crippen LogP contribution < -0.4 is 0 Å². The fourth-order valence-electron chi connectivity index (χ4n) is 4.63. The minimum atomic E-state index is 1.09. The van der Waals surface area contributed by atoms with Gasteiger partial charge in [-0.3, -0.25) is 0 Å². The molecular formula is C31H22BrN. The van der Waals surface area contributed by atoms with Crippen molar-refractivity contribution in [3.8, 4) is 27.9 Å². The Kier molecular flexibility index (Phi) is 4.89. The molecule has 0 atom stereocenters. The maximum atomic E-state index is 3.55. The topological polar surface area (TPSA) is 4.93 Å². The molecule has 0 aliphatic rings. The predicted molar refractivity (Wildman–Crippen MR) is 144 cm³/mol. The van der Waals surface area contributed by atoms with Crippen LogP contribution in [0.2, 0.25) is 0 Å². The average molecular weight is 488 g/mol. The van der Waals surface area contributed by atoms with Crippen molar-refractivity contribution in [1.29, 1.82) is 0 Å². The summed E-state index contributed by atoms with van der Waals surface area (Å²) < 4.78 is 3.46. The third-order valence-electron chi connectivity index (χ3n) is 6.34. The van der Waals surface area contributed by atoms with Crippen LogP contribution >= 0.6 is 15.9 Å². The minimum absolute atomic E-state index is 1.09. The van der Waals surface area contributed by atoms with Gasteiger partial charge in [0.25, 0.3) is 0 Å². The molecule has 0 spiro atoms. The van der Waals surface area contributed by atoms with Crippen LogP contribution in [0.4, 0.5) is 0 Å². The van der Waals surface area contributed by atoms with E-state index in [1.807, 2.05) is 0 Å². The number of benzene rings is 5. The fourth-order valence-corrected chi connectivity index (χ4v) is 4.89. The minimum Gasteiger partial charge on any atom is -0.309 e. The van der Waals surface area contributed by atoms with Crippen LogP contribution in [0, 0.1) is 6.92 Å². The lowest BCUT2D eigenvalue weighted by atomic mass is 10.00. The number of para-hydroxylation sites is 1. The Morgan fingerprint density at radius 1 is 0.515 bits per heavy atom.